The molecule has 0 aliphatic heterocycles. The molecule has 4 nitrogen and oxygen atoms in total. The van der Waals surface area contributed by atoms with E-state index >= 15 is 0 Å². The number of nitrogens with zero attached hydrogens (tertiary/aromatic N) is 3. The second-order valence-electron chi connectivity index (χ2n) is 17.1. The Kier molecular flexibility index (Phi) is 9.01. The van der Waals surface area contributed by atoms with Crippen molar-refractivity contribution >= 4 is 11.0 Å². The van der Waals surface area contributed by atoms with Crippen LogP contribution < -0.4 is 0 Å². The molecule has 2 heterocycles. The van der Waals surface area contributed by atoms with Crippen LogP contribution in [0.3, 0.4) is 0 Å². The smallest absolute Gasteiger partial charge is 0.148 e. The molecular weight excluding hydrogens is 950 g/mol. The summed E-state index contributed by atoms with van der Waals surface area (Å²) in [7, 11) is 0. The summed E-state index contributed by atoms with van der Waals surface area (Å²) in [5, 5.41) is 11.8. The quantitative estimate of drug-likeness (QED) is 0.162. The summed E-state index contributed by atoms with van der Waals surface area (Å²) in [4.78, 5) is 10.3. The van der Waals surface area contributed by atoms with Crippen LogP contribution in [-0.2, 0) is 31.9 Å². The fourth-order valence-corrected chi connectivity index (χ4v) is 8.24. The molecule has 5 heteroatoms. The van der Waals surface area contributed by atoms with Crippen molar-refractivity contribution < 1.29 is 38.5 Å². The Labute approximate surface area is 399 Å². The summed E-state index contributed by atoms with van der Waals surface area (Å²) in [6.45, 7) is 0.391. The van der Waals surface area contributed by atoms with Gasteiger partial charge in [-0.25, -0.2) is 4.98 Å². The maximum Gasteiger partial charge on any atom is 0.148 e. The van der Waals surface area contributed by atoms with Gasteiger partial charge in [0.05, 0.1) is 22.3 Å². The standard InChI is InChI=1S/C58H52N3O.Pt/c1-37-30-38(2)55(62)50(31-37)56-60-54-48(20-15-21-53(54)61(56)52-27-26-47(58(6,7)8)36-49(52)41-18-13-10-14-19-41)44-32-43(39-16-11-9-12-17-39)33-45(34-44)51-35-42(28-29-59-51)40-22-24-46(25-23-40)57(3,4)5;/h9-33,35-36,62H,1-8H3;/q-1;/i3D3,4D3,5D3;. The summed E-state index contributed by atoms with van der Waals surface area (Å²) < 4.78 is 75.9. The Balaban J connectivity index is 0.00000693. The molecule has 9 rings (SSSR count). The summed E-state index contributed by atoms with van der Waals surface area (Å²) in [6, 6.07) is 54.0. The van der Waals surface area contributed by atoms with Gasteiger partial charge in [0, 0.05) is 50.9 Å². The molecule has 2 aromatic heterocycles. The summed E-state index contributed by atoms with van der Waals surface area (Å²) in [5.74, 6) is 0.721. The van der Waals surface area contributed by atoms with E-state index in [2.05, 4.69) is 73.9 Å². The number of aryl methyl sites for hydroxylation is 2. The molecule has 0 unspecified atom stereocenters. The molecule has 0 atom stereocenters. The van der Waals surface area contributed by atoms with Gasteiger partial charge < -0.3 is 5.11 Å². The molecule has 7 aromatic carbocycles. The first-order valence-corrected chi connectivity index (χ1v) is 20.7. The molecule has 63 heavy (non-hydrogen) atoms. The maximum absolute atomic E-state index is 11.8. The third-order valence-electron chi connectivity index (χ3n) is 11.5. The molecule has 0 spiro atoms. The summed E-state index contributed by atoms with van der Waals surface area (Å²) >= 11 is 0. The first kappa shape index (κ1) is 33.2. The number of aromatic hydroxyl groups is 1. The number of hydrogen-bond donors (Lipinski definition) is 1. The zero-order valence-electron chi connectivity index (χ0n) is 44.7. The average molecular weight is 1010 g/mol. The zero-order chi connectivity index (χ0) is 50.8. The summed E-state index contributed by atoms with van der Waals surface area (Å²) in [6.07, 6.45) is 1.65. The maximum atomic E-state index is 11.8. The van der Waals surface area contributed by atoms with Gasteiger partial charge in [0.25, 0.3) is 0 Å². The van der Waals surface area contributed by atoms with Gasteiger partial charge in [-0.1, -0.05) is 173 Å². The number of fused-ring (bicyclic) bond motifs is 1. The molecule has 0 radical (unpaired) electrons. The number of rotatable bonds is 7. The minimum Gasteiger partial charge on any atom is -0.507 e. The van der Waals surface area contributed by atoms with E-state index < -0.39 is 26.0 Å². The Morgan fingerprint density at radius 2 is 1.24 bits per heavy atom. The minimum absolute atomic E-state index is 0. The Morgan fingerprint density at radius 3 is 1.94 bits per heavy atom. The molecule has 0 amide bonds. The normalized spacial score (nSPS) is 14.5. The van der Waals surface area contributed by atoms with Gasteiger partial charge in [-0.15, -0.1) is 23.8 Å². The molecule has 0 bridgehead atoms. The average Bonchev–Trinajstić information content (AvgIpc) is 3.71. The number of benzene rings is 7. The number of pyridine rings is 1. The van der Waals surface area contributed by atoms with Crippen LogP contribution in [0.25, 0.3) is 83.9 Å². The van der Waals surface area contributed by atoms with E-state index in [4.69, 9.17) is 22.3 Å². The van der Waals surface area contributed by atoms with Crippen molar-refractivity contribution in [1.82, 2.24) is 14.5 Å². The van der Waals surface area contributed by atoms with Crippen LogP contribution in [0.1, 0.15) is 75.9 Å². The van der Waals surface area contributed by atoms with E-state index in [9.17, 15) is 5.11 Å². The second kappa shape index (κ2) is 17.1. The number of hydrogen-bond acceptors (Lipinski definition) is 3. The van der Waals surface area contributed by atoms with E-state index in [1.165, 1.54) is 17.7 Å². The van der Waals surface area contributed by atoms with E-state index in [0.717, 1.165) is 55.7 Å². The second-order valence-corrected chi connectivity index (χ2v) is 17.1. The van der Waals surface area contributed by atoms with Crippen LogP contribution in [0.15, 0.2) is 164 Å². The van der Waals surface area contributed by atoms with Crippen molar-refractivity contribution in [3.63, 3.8) is 0 Å². The van der Waals surface area contributed by atoms with Crippen molar-refractivity contribution in [2.75, 3.05) is 0 Å². The first-order valence-electron chi connectivity index (χ1n) is 25.2. The van der Waals surface area contributed by atoms with Crippen LogP contribution >= 0.6 is 0 Å². The van der Waals surface area contributed by atoms with Gasteiger partial charge in [0.1, 0.15) is 11.6 Å². The number of aromatic nitrogens is 3. The van der Waals surface area contributed by atoms with Crippen molar-refractivity contribution in [1.29, 1.82) is 0 Å². The molecule has 9 aromatic rings. The van der Waals surface area contributed by atoms with Crippen molar-refractivity contribution in [3.05, 3.63) is 192 Å². The largest absolute Gasteiger partial charge is 0.507 e. The third kappa shape index (κ3) is 8.58. The van der Waals surface area contributed by atoms with Crippen LogP contribution in [0, 0.1) is 19.9 Å². The molecule has 316 valence electrons. The van der Waals surface area contributed by atoms with E-state index in [1.807, 2.05) is 98.8 Å². The first-order chi connectivity index (χ1) is 33.5. The van der Waals surface area contributed by atoms with Crippen LogP contribution in [-0.4, -0.2) is 19.6 Å². The predicted octanol–water partition coefficient (Wildman–Crippen LogP) is 15.1. The molecule has 1 N–H and O–H groups in total. The monoisotopic (exact) mass is 1010 g/mol. The fourth-order valence-electron chi connectivity index (χ4n) is 8.24. The van der Waals surface area contributed by atoms with E-state index in [0.29, 0.717) is 39.3 Å². The zero-order valence-corrected chi connectivity index (χ0v) is 38.0. The molecule has 0 saturated carbocycles. The van der Waals surface area contributed by atoms with E-state index in [-0.39, 0.29) is 37.8 Å². The van der Waals surface area contributed by atoms with E-state index in [1.54, 1.807) is 24.4 Å². The van der Waals surface area contributed by atoms with Crippen LogP contribution in [0.2, 0.25) is 0 Å². The Morgan fingerprint density at radius 1 is 0.571 bits per heavy atom. The molecule has 0 saturated heterocycles. The molecular formula is C58H52N3OPt-. The van der Waals surface area contributed by atoms with Gasteiger partial charge in [0.2, 0.25) is 0 Å². The van der Waals surface area contributed by atoms with Crippen molar-refractivity contribution in [2.24, 2.45) is 0 Å². The Bertz CT molecular complexity index is 3410. The minimum atomic E-state index is -3.37. The number of para-hydroxylation sites is 1. The van der Waals surface area contributed by atoms with Gasteiger partial charge in [-0.2, -0.15) is 0 Å². The molecule has 0 aliphatic rings. The number of imidazole rings is 1. The topological polar surface area (TPSA) is 50.9 Å². The van der Waals surface area contributed by atoms with Gasteiger partial charge in [-0.3, -0.25) is 9.55 Å². The number of phenolic OH excluding ortho intramolecular Hbond substituents is 1. The van der Waals surface area contributed by atoms with Gasteiger partial charge in [-0.05, 0) is 99.5 Å². The fraction of sp³-hybridized carbons (Fsp3) is 0.172. The molecule has 0 fully saturated rings. The molecule has 0 aliphatic carbocycles. The van der Waals surface area contributed by atoms with Crippen molar-refractivity contribution in [2.45, 2.75) is 66.0 Å². The van der Waals surface area contributed by atoms with Crippen LogP contribution in [0.5, 0.6) is 5.75 Å². The predicted molar refractivity (Wildman–Crippen MR) is 259 cm³/mol. The SMILES string of the molecule is [2H]C([2H])([2H])C(c1ccc(-c2ccnc(-c3[c-]c(-c4cccc5c4nc(-c4cc(C)cc(C)c4O)n5-c4ccc(C(C)(C)C)cc4-c4ccccc4)cc(-c4ccccc4)c3)c2)cc1)(C([2H])([2H])[2H])C([2H])([2H])[2H].[Pt]. The van der Waals surface area contributed by atoms with Crippen molar-refractivity contribution in [3.8, 4) is 78.6 Å². The summed E-state index contributed by atoms with van der Waals surface area (Å²) in [5.41, 5.74) is 10.3. The van der Waals surface area contributed by atoms with Crippen LogP contribution in [0.4, 0.5) is 0 Å². The third-order valence-corrected chi connectivity index (χ3v) is 11.5. The van der Waals surface area contributed by atoms with Gasteiger partial charge >= 0.3 is 0 Å². The van der Waals surface area contributed by atoms with Gasteiger partial charge in [0.15, 0.2) is 0 Å². The Hall–Kier alpha value is -6.35. The number of phenols is 1.